The van der Waals surface area contributed by atoms with E-state index >= 15 is 0 Å². The van der Waals surface area contributed by atoms with Crippen LogP contribution in [-0.2, 0) is 4.79 Å². The summed E-state index contributed by atoms with van der Waals surface area (Å²) in [7, 11) is 0. The highest BCUT2D eigenvalue weighted by Crippen LogP contribution is 2.52. The number of benzene rings is 2. The summed E-state index contributed by atoms with van der Waals surface area (Å²) >= 11 is 0. The summed E-state index contributed by atoms with van der Waals surface area (Å²) in [6.07, 6.45) is 1.29. The fourth-order valence-corrected chi connectivity index (χ4v) is 4.52. The van der Waals surface area contributed by atoms with E-state index in [1.807, 2.05) is 37.3 Å². The molecule has 0 fully saturated rings. The quantitative estimate of drug-likeness (QED) is 0.543. The highest BCUT2D eigenvalue weighted by molar-refractivity contribution is 6.02. The molecule has 2 aromatic carbocycles. The topological polar surface area (TPSA) is 39.4 Å². The molecule has 0 amide bonds. The molecule has 0 saturated carbocycles. The molecule has 1 aliphatic carbocycles. The summed E-state index contributed by atoms with van der Waals surface area (Å²) in [4.78, 5) is 13.2. The fraction of sp³-hybridized carbons (Fsp3) is 0.292. The van der Waals surface area contributed by atoms with E-state index < -0.39 is 0 Å². The van der Waals surface area contributed by atoms with Gasteiger partial charge < -0.3 is 9.15 Å². The van der Waals surface area contributed by atoms with Crippen LogP contribution in [0.5, 0.6) is 5.75 Å². The molecule has 1 aromatic heterocycles. The normalized spacial score (nSPS) is 21.0. The molecule has 136 valence electrons. The molecule has 0 spiro atoms. The number of aryl methyl sites for hydroxylation is 1. The van der Waals surface area contributed by atoms with E-state index in [4.69, 9.17) is 9.15 Å². The Morgan fingerprint density at radius 2 is 1.81 bits per heavy atom. The summed E-state index contributed by atoms with van der Waals surface area (Å²) in [6, 6.07) is 16.3. The third kappa shape index (κ3) is 2.53. The zero-order valence-corrected chi connectivity index (χ0v) is 15.8. The lowest BCUT2D eigenvalue weighted by Crippen LogP contribution is -2.32. The van der Waals surface area contributed by atoms with Crippen molar-refractivity contribution in [3.05, 3.63) is 76.9 Å². The van der Waals surface area contributed by atoms with Crippen molar-refractivity contribution in [1.82, 2.24) is 0 Å². The highest BCUT2D eigenvalue weighted by atomic mass is 16.5. The molecule has 5 rings (SSSR count). The molecular formula is C24H22O3. The number of carbonyl (C=O) groups is 1. The average Bonchev–Trinajstić information content (AvgIpc) is 3.04. The van der Waals surface area contributed by atoms with Gasteiger partial charge in [-0.15, -0.1) is 0 Å². The first-order chi connectivity index (χ1) is 12.9. The molecule has 2 heterocycles. The smallest absolute Gasteiger partial charge is 0.163 e. The van der Waals surface area contributed by atoms with Gasteiger partial charge in [0.2, 0.25) is 0 Å². The molecular weight excluding hydrogens is 336 g/mol. The number of hydrogen-bond donors (Lipinski definition) is 0. The molecule has 27 heavy (non-hydrogen) atoms. The Morgan fingerprint density at radius 1 is 1.00 bits per heavy atom. The number of Topliss-reactive ketones (excluding diaryl/α,β-unsaturated/α-hetero) is 1. The Labute approximate surface area is 158 Å². The number of carbonyl (C=O) groups excluding carboxylic acids is 1. The predicted octanol–water partition coefficient (Wildman–Crippen LogP) is 5.91. The minimum Gasteiger partial charge on any atom is -0.465 e. The Morgan fingerprint density at radius 3 is 2.59 bits per heavy atom. The summed E-state index contributed by atoms with van der Waals surface area (Å²) < 4.78 is 12.4. The lowest BCUT2D eigenvalue weighted by Gasteiger charge is -2.38. The zero-order valence-electron chi connectivity index (χ0n) is 15.8. The van der Waals surface area contributed by atoms with E-state index in [1.54, 1.807) is 0 Å². The standard InChI is InChI=1S/C24H22O3/c1-14-8-10-19(26-14)23-21-16-7-5-4-6-15(16)9-11-18(21)27-20-13-24(2,3)12-17(25)22(20)23/h4-11,23H,12-13H2,1-3H3. The van der Waals surface area contributed by atoms with E-state index in [0.29, 0.717) is 6.42 Å². The van der Waals surface area contributed by atoms with Crippen molar-refractivity contribution in [3.63, 3.8) is 0 Å². The SMILES string of the molecule is Cc1ccc(C2C3=C(CC(C)(C)CC3=O)Oc3ccc4ccccc4c32)o1. The van der Waals surface area contributed by atoms with Gasteiger partial charge in [-0.05, 0) is 41.3 Å². The van der Waals surface area contributed by atoms with Crippen molar-refractivity contribution in [2.24, 2.45) is 5.41 Å². The maximum absolute atomic E-state index is 13.2. The van der Waals surface area contributed by atoms with Gasteiger partial charge >= 0.3 is 0 Å². The molecule has 0 saturated heterocycles. The number of ketones is 1. The number of rotatable bonds is 1. The lowest BCUT2D eigenvalue weighted by molar-refractivity contribution is -0.118. The van der Waals surface area contributed by atoms with Crippen molar-refractivity contribution >= 4 is 16.6 Å². The van der Waals surface area contributed by atoms with Gasteiger partial charge in [0, 0.05) is 24.0 Å². The van der Waals surface area contributed by atoms with Gasteiger partial charge in [0.15, 0.2) is 5.78 Å². The lowest BCUT2D eigenvalue weighted by atomic mass is 9.70. The van der Waals surface area contributed by atoms with Crippen LogP contribution in [0.4, 0.5) is 0 Å². The van der Waals surface area contributed by atoms with Crippen LogP contribution in [0.15, 0.2) is 64.3 Å². The number of fused-ring (bicyclic) bond motifs is 3. The molecule has 3 nitrogen and oxygen atoms in total. The Balaban J connectivity index is 1.82. The second-order valence-corrected chi connectivity index (χ2v) is 8.46. The Hall–Kier alpha value is -2.81. The van der Waals surface area contributed by atoms with Gasteiger partial charge in [-0.2, -0.15) is 0 Å². The molecule has 0 bridgehead atoms. The summed E-state index contributed by atoms with van der Waals surface area (Å²) in [5.74, 6) is 3.25. The maximum Gasteiger partial charge on any atom is 0.163 e. The zero-order chi connectivity index (χ0) is 18.8. The predicted molar refractivity (Wildman–Crippen MR) is 105 cm³/mol. The summed E-state index contributed by atoms with van der Waals surface area (Å²) in [5, 5.41) is 2.25. The van der Waals surface area contributed by atoms with Crippen LogP contribution in [0.25, 0.3) is 10.8 Å². The number of hydrogen-bond acceptors (Lipinski definition) is 3. The van der Waals surface area contributed by atoms with E-state index in [0.717, 1.165) is 51.4 Å². The first kappa shape index (κ1) is 16.4. The van der Waals surface area contributed by atoms with E-state index in [9.17, 15) is 4.79 Å². The third-order valence-electron chi connectivity index (χ3n) is 5.67. The maximum atomic E-state index is 13.2. The second kappa shape index (κ2) is 5.59. The number of furan rings is 1. The van der Waals surface area contributed by atoms with Gasteiger partial charge in [0.25, 0.3) is 0 Å². The largest absolute Gasteiger partial charge is 0.465 e. The molecule has 3 aromatic rings. The van der Waals surface area contributed by atoms with Crippen molar-refractivity contribution in [1.29, 1.82) is 0 Å². The fourth-order valence-electron chi connectivity index (χ4n) is 4.52. The van der Waals surface area contributed by atoms with Gasteiger partial charge in [0.1, 0.15) is 23.0 Å². The minimum atomic E-state index is -0.216. The van der Waals surface area contributed by atoms with Crippen LogP contribution in [-0.4, -0.2) is 5.78 Å². The highest BCUT2D eigenvalue weighted by Gasteiger charge is 2.43. The van der Waals surface area contributed by atoms with Crippen LogP contribution in [0, 0.1) is 12.3 Å². The molecule has 1 atom stereocenters. The van der Waals surface area contributed by atoms with Crippen LogP contribution in [0.3, 0.4) is 0 Å². The number of allylic oxidation sites excluding steroid dienone is 2. The van der Waals surface area contributed by atoms with Crippen molar-refractivity contribution in [3.8, 4) is 5.75 Å². The van der Waals surface area contributed by atoms with Crippen LogP contribution >= 0.6 is 0 Å². The van der Waals surface area contributed by atoms with E-state index in [2.05, 4.69) is 32.0 Å². The van der Waals surface area contributed by atoms with Gasteiger partial charge in [-0.1, -0.05) is 44.2 Å². The minimum absolute atomic E-state index is 0.0894. The first-order valence-corrected chi connectivity index (χ1v) is 9.45. The van der Waals surface area contributed by atoms with Crippen molar-refractivity contribution < 1.29 is 13.9 Å². The Kier molecular flexibility index (Phi) is 3.39. The summed E-state index contributed by atoms with van der Waals surface area (Å²) in [6.45, 7) is 6.19. The van der Waals surface area contributed by atoms with Gasteiger partial charge in [-0.25, -0.2) is 0 Å². The van der Waals surface area contributed by atoms with Crippen LogP contribution in [0.2, 0.25) is 0 Å². The molecule has 3 heteroatoms. The molecule has 2 aliphatic rings. The van der Waals surface area contributed by atoms with Crippen molar-refractivity contribution in [2.75, 3.05) is 0 Å². The summed E-state index contributed by atoms with van der Waals surface area (Å²) in [5.41, 5.74) is 1.72. The second-order valence-electron chi connectivity index (χ2n) is 8.46. The van der Waals surface area contributed by atoms with Crippen LogP contribution in [0.1, 0.15) is 49.7 Å². The molecule has 1 aliphatic heterocycles. The first-order valence-electron chi connectivity index (χ1n) is 9.45. The van der Waals surface area contributed by atoms with Crippen LogP contribution < -0.4 is 4.74 Å². The van der Waals surface area contributed by atoms with E-state index in [-0.39, 0.29) is 17.1 Å². The average molecular weight is 358 g/mol. The molecule has 0 N–H and O–H groups in total. The van der Waals surface area contributed by atoms with Crippen molar-refractivity contribution in [2.45, 2.75) is 39.5 Å². The molecule has 0 radical (unpaired) electrons. The van der Waals surface area contributed by atoms with Gasteiger partial charge in [-0.3, -0.25) is 4.79 Å². The van der Waals surface area contributed by atoms with Gasteiger partial charge in [0.05, 0.1) is 5.92 Å². The third-order valence-corrected chi connectivity index (χ3v) is 5.67. The number of ether oxygens (including phenoxy) is 1. The molecule has 1 unspecified atom stereocenters. The Bertz CT molecular complexity index is 1110. The van der Waals surface area contributed by atoms with E-state index in [1.165, 1.54) is 0 Å². The monoisotopic (exact) mass is 358 g/mol.